The predicted octanol–water partition coefficient (Wildman–Crippen LogP) is 1.36. The van der Waals surface area contributed by atoms with Crippen molar-refractivity contribution in [3.8, 4) is 0 Å². The third-order valence-corrected chi connectivity index (χ3v) is 2.70. The van der Waals surface area contributed by atoms with Gasteiger partial charge in [0.1, 0.15) is 0 Å². The monoisotopic (exact) mass is 229 g/mol. The van der Waals surface area contributed by atoms with Crippen LogP contribution in [-0.2, 0) is 6.54 Å². The highest BCUT2D eigenvalue weighted by Crippen LogP contribution is 2.21. The number of aryl methyl sites for hydroxylation is 1. The van der Waals surface area contributed by atoms with Crippen LogP contribution >= 0.6 is 0 Å². The van der Waals surface area contributed by atoms with Crippen LogP contribution < -0.4 is 5.73 Å². The van der Waals surface area contributed by atoms with Gasteiger partial charge in [0.25, 0.3) is 0 Å². The first-order chi connectivity index (χ1) is 8.25. The van der Waals surface area contributed by atoms with Crippen LogP contribution in [0.15, 0.2) is 29.1 Å². The zero-order chi connectivity index (χ0) is 11.8. The molecule has 0 radical (unpaired) electrons. The van der Waals surface area contributed by atoms with Crippen LogP contribution in [0.2, 0.25) is 0 Å². The van der Waals surface area contributed by atoms with Gasteiger partial charge in [-0.15, -0.1) is 0 Å². The Balaban J connectivity index is 2.18. The zero-order valence-electron chi connectivity index (χ0n) is 9.29. The fourth-order valence-corrected chi connectivity index (χ4v) is 1.95. The third-order valence-electron chi connectivity index (χ3n) is 2.70. The Hall–Kier alpha value is -2.37. The van der Waals surface area contributed by atoms with E-state index in [2.05, 4.69) is 15.1 Å². The Bertz CT molecular complexity index is 656. The van der Waals surface area contributed by atoms with Crippen molar-refractivity contribution in [1.82, 2.24) is 19.7 Å². The number of fused-ring (bicyclic) bond motifs is 1. The molecule has 0 fully saturated rings. The molecule has 17 heavy (non-hydrogen) atoms. The Morgan fingerprint density at radius 3 is 3.06 bits per heavy atom. The van der Waals surface area contributed by atoms with Gasteiger partial charge in [0, 0.05) is 0 Å². The molecule has 86 valence electrons. The summed E-state index contributed by atoms with van der Waals surface area (Å²) in [5.74, 6) is 1.04. The van der Waals surface area contributed by atoms with E-state index in [0.29, 0.717) is 18.3 Å². The molecule has 3 rings (SSSR count). The summed E-state index contributed by atoms with van der Waals surface area (Å²) >= 11 is 0. The quantitative estimate of drug-likeness (QED) is 0.717. The summed E-state index contributed by atoms with van der Waals surface area (Å²) in [6, 6.07) is 5.92. The number of benzene rings is 1. The van der Waals surface area contributed by atoms with Gasteiger partial charge in [-0.3, -0.25) is 0 Å². The van der Waals surface area contributed by atoms with Gasteiger partial charge in [0.2, 0.25) is 12.3 Å². The number of nitrogens with zero attached hydrogens (tertiary/aromatic N) is 4. The van der Waals surface area contributed by atoms with Crippen molar-refractivity contribution in [2.24, 2.45) is 0 Å². The summed E-state index contributed by atoms with van der Waals surface area (Å²) in [6.07, 6.45) is 1.30. The second kappa shape index (κ2) is 3.58. The first-order valence-corrected chi connectivity index (χ1v) is 5.22. The van der Waals surface area contributed by atoms with E-state index >= 15 is 0 Å². The molecular formula is C11H11N5O. The molecule has 0 saturated heterocycles. The van der Waals surface area contributed by atoms with E-state index < -0.39 is 0 Å². The van der Waals surface area contributed by atoms with Gasteiger partial charge < -0.3 is 14.8 Å². The minimum absolute atomic E-state index is 0.458. The van der Waals surface area contributed by atoms with Crippen LogP contribution in [0.3, 0.4) is 0 Å². The molecule has 3 aromatic rings. The second-order valence-corrected chi connectivity index (χ2v) is 3.85. The zero-order valence-corrected chi connectivity index (χ0v) is 9.29. The summed E-state index contributed by atoms with van der Waals surface area (Å²) < 4.78 is 6.59. The summed E-state index contributed by atoms with van der Waals surface area (Å²) in [5.41, 5.74) is 8.91. The highest BCUT2D eigenvalue weighted by molar-refractivity contribution is 5.81. The Morgan fingerprint density at radius 1 is 1.41 bits per heavy atom. The van der Waals surface area contributed by atoms with Crippen molar-refractivity contribution >= 4 is 17.0 Å². The van der Waals surface area contributed by atoms with E-state index in [9.17, 15) is 0 Å². The van der Waals surface area contributed by atoms with Gasteiger partial charge in [-0.25, -0.2) is 4.98 Å². The molecule has 0 aliphatic carbocycles. The van der Waals surface area contributed by atoms with Crippen LogP contribution in [-0.4, -0.2) is 19.7 Å². The number of aromatic nitrogens is 4. The van der Waals surface area contributed by atoms with Gasteiger partial charge in [-0.2, -0.15) is 4.98 Å². The normalized spacial score (nSPS) is 11.1. The number of rotatable bonds is 2. The maximum absolute atomic E-state index is 5.90. The minimum atomic E-state index is 0.458. The molecule has 0 saturated carbocycles. The molecule has 0 aliphatic rings. The van der Waals surface area contributed by atoms with Gasteiger partial charge in [-0.05, 0) is 18.6 Å². The molecule has 0 spiro atoms. The van der Waals surface area contributed by atoms with Gasteiger partial charge in [0.05, 0.1) is 17.6 Å². The average molecular weight is 229 g/mol. The van der Waals surface area contributed by atoms with Crippen molar-refractivity contribution in [2.75, 3.05) is 5.73 Å². The first-order valence-electron chi connectivity index (χ1n) is 5.22. The maximum Gasteiger partial charge on any atom is 0.213 e. The first kappa shape index (κ1) is 9.83. The molecule has 6 heteroatoms. The molecule has 0 atom stereocenters. The van der Waals surface area contributed by atoms with Gasteiger partial charge >= 0.3 is 0 Å². The van der Waals surface area contributed by atoms with Crippen molar-refractivity contribution in [3.05, 3.63) is 36.0 Å². The summed E-state index contributed by atoms with van der Waals surface area (Å²) in [6.45, 7) is 2.49. The molecule has 1 aromatic carbocycles. The molecular weight excluding hydrogens is 218 g/mol. The number of anilines is 1. The molecule has 0 bridgehead atoms. The van der Waals surface area contributed by atoms with Gasteiger partial charge in [0.15, 0.2) is 5.82 Å². The van der Waals surface area contributed by atoms with Crippen LogP contribution in [0.4, 0.5) is 5.95 Å². The van der Waals surface area contributed by atoms with Gasteiger partial charge in [-0.1, -0.05) is 17.3 Å². The van der Waals surface area contributed by atoms with Crippen molar-refractivity contribution < 1.29 is 4.52 Å². The highest BCUT2D eigenvalue weighted by Gasteiger charge is 2.11. The third kappa shape index (κ3) is 1.54. The number of nitrogens with two attached hydrogens (primary N) is 1. The van der Waals surface area contributed by atoms with Crippen molar-refractivity contribution in [1.29, 1.82) is 0 Å². The van der Waals surface area contributed by atoms with E-state index in [0.717, 1.165) is 16.6 Å². The lowest BCUT2D eigenvalue weighted by atomic mass is 10.2. The number of hydrogen-bond acceptors (Lipinski definition) is 5. The summed E-state index contributed by atoms with van der Waals surface area (Å²) in [5, 5.41) is 3.78. The number of imidazole rings is 1. The second-order valence-electron chi connectivity index (χ2n) is 3.85. The number of nitrogen functional groups attached to an aromatic ring is 1. The standard InChI is InChI=1S/C11H11N5O/c1-7-3-2-4-8-10(7)16(11(12)14-8)5-9-13-6-17-15-9/h2-4,6H,5H2,1H3,(H2,12,14). The summed E-state index contributed by atoms with van der Waals surface area (Å²) in [7, 11) is 0. The van der Waals surface area contributed by atoms with Crippen molar-refractivity contribution in [3.63, 3.8) is 0 Å². The molecule has 0 amide bonds. The molecule has 2 aromatic heterocycles. The van der Waals surface area contributed by atoms with Crippen LogP contribution in [0.25, 0.3) is 11.0 Å². The smallest absolute Gasteiger partial charge is 0.213 e. The summed E-state index contributed by atoms with van der Waals surface area (Å²) in [4.78, 5) is 8.30. The SMILES string of the molecule is Cc1cccc2nc(N)n(Cc3ncon3)c12. The molecule has 2 heterocycles. The fraction of sp³-hybridized carbons (Fsp3) is 0.182. The minimum Gasteiger partial charge on any atom is -0.369 e. The Kier molecular flexibility index (Phi) is 2.07. The number of para-hydroxylation sites is 1. The van der Waals surface area contributed by atoms with E-state index in [1.165, 1.54) is 6.39 Å². The lowest BCUT2D eigenvalue weighted by Crippen LogP contribution is -2.06. The van der Waals surface area contributed by atoms with Crippen LogP contribution in [0, 0.1) is 6.92 Å². The predicted molar refractivity (Wildman–Crippen MR) is 62.3 cm³/mol. The molecule has 0 unspecified atom stereocenters. The van der Waals surface area contributed by atoms with E-state index in [1.807, 2.05) is 29.7 Å². The lowest BCUT2D eigenvalue weighted by molar-refractivity contribution is 0.408. The average Bonchev–Trinajstić information content (AvgIpc) is 2.89. The fourth-order valence-electron chi connectivity index (χ4n) is 1.95. The topological polar surface area (TPSA) is 82.8 Å². The van der Waals surface area contributed by atoms with Crippen LogP contribution in [0.1, 0.15) is 11.4 Å². The molecule has 6 nitrogen and oxygen atoms in total. The molecule has 0 aliphatic heterocycles. The van der Waals surface area contributed by atoms with Crippen molar-refractivity contribution in [2.45, 2.75) is 13.5 Å². The van der Waals surface area contributed by atoms with E-state index in [1.54, 1.807) is 0 Å². The van der Waals surface area contributed by atoms with E-state index in [4.69, 9.17) is 10.3 Å². The largest absolute Gasteiger partial charge is 0.369 e. The Labute approximate surface area is 97.1 Å². The maximum atomic E-state index is 5.90. The van der Waals surface area contributed by atoms with E-state index in [-0.39, 0.29) is 0 Å². The number of hydrogen-bond donors (Lipinski definition) is 1. The highest BCUT2D eigenvalue weighted by atomic mass is 16.5. The van der Waals surface area contributed by atoms with Crippen LogP contribution in [0.5, 0.6) is 0 Å². The lowest BCUT2D eigenvalue weighted by Gasteiger charge is -2.04. The Morgan fingerprint density at radius 2 is 2.29 bits per heavy atom. The molecule has 2 N–H and O–H groups in total.